The van der Waals surface area contributed by atoms with Crippen LogP contribution in [0.25, 0.3) is 16.8 Å². The van der Waals surface area contributed by atoms with Gasteiger partial charge >= 0.3 is 6.18 Å². The van der Waals surface area contributed by atoms with E-state index in [1.807, 2.05) is 0 Å². The number of aliphatic imine (C=N–C) groups is 1. The standard InChI is InChI=1S/C24H21F3N2O3/c1-28-16-7-8-20(24(25,26)27)21(11-16)29-13-14-5-4-6-19(14)22(23(29)30)15-9-17(31-2)12-18(10-15)32-3/h7-13H,1,4-6H2,2-3H3. The topological polar surface area (TPSA) is 52.8 Å². The van der Waals surface area contributed by atoms with Crippen LogP contribution in [0, 0.1) is 0 Å². The molecule has 0 spiro atoms. The Morgan fingerprint density at radius 2 is 1.72 bits per heavy atom. The second-order valence-corrected chi connectivity index (χ2v) is 7.50. The Bertz CT molecular complexity index is 1240. The van der Waals surface area contributed by atoms with Gasteiger partial charge in [-0.05, 0) is 73.0 Å². The van der Waals surface area contributed by atoms with Crippen LogP contribution in [0.1, 0.15) is 23.1 Å². The quantitative estimate of drug-likeness (QED) is 0.500. The van der Waals surface area contributed by atoms with Gasteiger partial charge in [0.05, 0.1) is 36.7 Å². The van der Waals surface area contributed by atoms with Gasteiger partial charge in [-0.2, -0.15) is 13.2 Å². The fourth-order valence-corrected chi connectivity index (χ4v) is 4.14. The van der Waals surface area contributed by atoms with E-state index in [1.165, 1.54) is 32.5 Å². The zero-order chi connectivity index (χ0) is 23.0. The van der Waals surface area contributed by atoms with Crippen LogP contribution in [-0.2, 0) is 19.0 Å². The van der Waals surface area contributed by atoms with Gasteiger partial charge in [0.2, 0.25) is 0 Å². The molecule has 0 saturated carbocycles. The highest BCUT2D eigenvalue weighted by molar-refractivity contribution is 5.72. The molecule has 3 aromatic rings. The van der Waals surface area contributed by atoms with Crippen LogP contribution in [0.15, 0.2) is 52.4 Å². The summed E-state index contributed by atoms with van der Waals surface area (Å²) in [4.78, 5) is 17.4. The Morgan fingerprint density at radius 1 is 1.03 bits per heavy atom. The van der Waals surface area contributed by atoms with Gasteiger partial charge in [-0.3, -0.25) is 14.4 Å². The molecule has 8 heteroatoms. The van der Waals surface area contributed by atoms with Crippen LogP contribution in [-0.4, -0.2) is 25.5 Å². The largest absolute Gasteiger partial charge is 0.497 e. The third kappa shape index (κ3) is 3.77. The van der Waals surface area contributed by atoms with E-state index in [2.05, 4.69) is 11.7 Å². The van der Waals surface area contributed by atoms with Crippen LogP contribution in [0.2, 0.25) is 0 Å². The second-order valence-electron chi connectivity index (χ2n) is 7.50. The molecule has 1 heterocycles. The van der Waals surface area contributed by atoms with E-state index in [1.54, 1.807) is 18.2 Å². The summed E-state index contributed by atoms with van der Waals surface area (Å²) in [6.07, 6.45) is -0.978. The molecular weight excluding hydrogens is 421 g/mol. The fraction of sp³-hybridized carbons (Fsp3) is 0.250. The number of methoxy groups -OCH3 is 2. The normalized spacial score (nSPS) is 13.0. The number of alkyl halides is 3. The molecule has 2 aromatic carbocycles. The Kier molecular flexibility index (Phi) is 5.54. The van der Waals surface area contributed by atoms with Crippen LogP contribution in [0.3, 0.4) is 0 Å². The Hall–Kier alpha value is -3.55. The smallest absolute Gasteiger partial charge is 0.418 e. The number of nitrogens with zero attached hydrogens (tertiary/aromatic N) is 2. The molecule has 0 amide bonds. The van der Waals surface area contributed by atoms with E-state index in [-0.39, 0.29) is 11.4 Å². The maximum absolute atomic E-state index is 13.8. The molecule has 1 aliphatic carbocycles. The minimum Gasteiger partial charge on any atom is -0.497 e. The van der Waals surface area contributed by atoms with E-state index in [4.69, 9.17) is 9.47 Å². The van der Waals surface area contributed by atoms with Crippen molar-refractivity contribution in [3.05, 3.63) is 69.6 Å². The first-order chi connectivity index (χ1) is 15.3. The summed E-state index contributed by atoms with van der Waals surface area (Å²) in [6.45, 7) is 3.39. The average molecular weight is 442 g/mol. The molecule has 1 aliphatic rings. The van der Waals surface area contributed by atoms with Gasteiger partial charge in [0, 0.05) is 12.3 Å². The monoisotopic (exact) mass is 442 g/mol. The maximum Gasteiger partial charge on any atom is 0.418 e. The number of hydrogen-bond acceptors (Lipinski definition) is 4. The number of pyridine rings is 1. The van der Waals surface area contributed by atoms with Gasteiger partial charge in [-0.15, -0.1) is 0 Å². The summed E-state index contributed by atoms with van der Waals surface area (Å²) in [5.41, 5.74) is 1.06. The molecule has 0 fully saturated rings. The summed E-state index contributed by atoms with van der Waals surface area (Å²) < 4.78 is 53.1. The van der Waals surface area contributed by atoms with Crippen LogP contribution in [0.4, 0.5) is 18.9 Å². The van der Waals surface area contributed by atoms with Gasteiger partial charge in [0.25, 0.3) is 5.56 Å². The molecule has 4 rings (SSSR count). The number of aryl methyl sites for hydroxylation is 1. The van der Waals surface area contributed by atoms with Crippen molar-refractivity contribution in [1.82, 2.24) is 4.57 Å². The summed E-state index contributed by atoms with van der Waals surface area (Å²) >= 11 is 0. The van der Waals surface area contributed by atoms with Gasteiger partial charge in [-0.25, -0.2) is 0 Å². The number of halogens is 3. The van der Waals surface area contributed by atoms with Gasteiger partial charge in [0.1, 0.15) is 11.5 Å². The molecule has 1 aromatic heterocycles. The first-order valence-electron chi connectivity index (χ1n) is 9.96. The molecule has 0 unspecified atom stereocenters. The second kappa shape index (κ2) is 8.18. The minimum absolute atomic E-state index is 0.241. The van der Waals surface area contributed by atoms with Gasteiger partial charge in [-0.1, -0.05) is 0 Å². The maximum atomic E-state index is 13.8. The lowest BCUT2D eigenvalue weighted by molar-refractivity contribution is -0.137. The van der Waals surface area contributed by atoms with Crippen molar-refractivity contribution in [2.24, 2.45) is 4.99 Å². The molecule has 0 atom stereocenters. The average Bonchev–Trinajstić information content (AvgIpc) is 3.25. The van der Waals surface area contributed by atoms with E-state index < -0.39 is 17.3 Å². The molecule has 5 nitrogen and oxygen atoms in total. The zero-order valence-electron chi connectivity index (χ0n) is 17.6. The van der Waals surface area contributed by atoms with Crippen molar-refractivity contribution in [3.63, 3.8) is 0 Å². The van der Waals surface area contributed by atoms with E-state index in [0.717, 1.165) is 28.2 Å². The number of fused-ring (bicyclic) bond motifs is 1. The van der Waals surface area contributed by atoms with Crippen molar-refractivity contribution in [3.8, 4) is 28.3 Å². The van der Waals surface area contributed by atoms with Crippen molar-refractivity contribution < 1.29 is 22.6 Å². The van der Waals surface area contributed by atoms with Gasteiger partial charge < -0.3 is 9.47 Å². The van der Waals surface area contributed by atoms with E-state index >= 15 is 0 Å². The highest BCUT2D eigenvalue weighted by Crippen LogP contribution is 2.38. The SMILES string of the molecule is C=Nc1ccc(C(F)(F)F)c(-n2cc3c(c(-c4cc(OC)cc(OC)c4)c2=O)CCC3)c1. The first kappa shape index (κ1) is 21.7. The van der Waals surface area contributed by atoms with Crippen molar-refractivity contribution in [2.45, 2.75) is 25.4 Å². The molecule has 0 bridgehead atoms. The minimum atomic E-state index is -4.65. The predicted molar refractivity (Wildman–Crippen MR) is 117 cm³/mol. The van der Waals surface area contributed by atoms with Crippen LogP contribution >= 0.6 is 0 Å². The summed E-state index contributed by atoms with van der Waals surface area (Å²) in [6, 6.07) is 8.43. The number of hydrogen-bond donors (Lipinski definition) is 0. The highest BCUT2D eigenvalue weighted by Gasteiger charge is 2.35. The summed E-state index contributed by atoms with van der Waals surface area (Å²) in [5, 5.41) is 0. The number of rotatable bonds is 5. The molecule has 0 radical (unpaired) electrons. The summed E-state index contributed by atoms with van der Waals surface area (Å²) in [7, 11) is 2.99. The van der Waals surface area contributed by atoms with E-state index in [0.29, 0.717) is 35.5 Å². The lowest BCUT2D eigenvalue weighted by Crippen LogP contribution is -2.24. The Balaban J connectivity index is 2.06. The van der Waals surface area contributed by atoms with Gasteiger partial charge in [0.15, 0.2) is 0 Å². The summed E-state index contributed by atoms with van der Waals surface area (Å²) in [5.74, 6) is 0.962. The van der Waals surface area contributed by atoms with Crippen molar-refractivity contribution >= 4 is 12.4 Å². The number of aromatic nitrogens is 1. The molecule has 166 valence electrons. The van der Waals surface area contributed by atoms with Crippen LogP contribution < -0.4 is 15.0 Å². The third-order valence-corrected chi connectivity index (χ3v) is 5.65. The molecule has 32 heavy (non-hydrogen) atoms. The predicted octanol–water partition coefficient (Wildman–Crippen LogP) is 5.36. The number of ether oxygens (including phenoxy) is 2. The highest BCUT2D eigenvalue weighted by atomic mass is 19.4. The third-order valence-electron chi connectivity index (χ3n) is 5.65. The first-order valence-corrected chi connectivity index (χ1v) is 9.96. The van der Waals surface area contributed by atoms with Crippen molar-refractivity contribution in [1.29, 1.82) is 0 Å². The molecular formula is C24H21F3N2O3. The van der Waals surface area contributed by atoms with Crippen LogP contribution in [0.5, 0.6) is 11.5 Å². The Labute approximate surface area is 182 Å². The zero-order valence-corrected chi connectivity index (χ0v) is 17.6. The van der Waals surface area contributed by atoms with E-state index in [9.17, 15) is 18.0 Å². The lowest BCUT2D eigenvalue weighted by Gasteiger charge is -2.19. The Morgan fingerprint density at radius 3 is 2.31 bits per heavy atom. The lowest BCUT2D eigenvalue weighted by atomic mass is 9.98. The van der Waals surface area contributed by atoms with Crippen molar-refractivity contribution in [2.75, 3.05) is 14.2 Å². The molecule has 0 saturated heterocycles. The molecule has 0 N–H and O–H groups in total. The fourth-order valence-electron chi connectivity index (χ4n) is 4.14. The number of benzene rings is 2. The molecule has 0 aliphatic heterocycles.